The summed E-state index contributed by atoms with van der Waals surface area (Å²) in [5.41, 5.74) is 3.60. The van der Waals surface area contributed by atoms with Crippen LogP contribution >= 0.6 is 23.2 Å². The third-order valence-electron chi connectivity index (χ3n) is 4.29. The number of carbonyl (C=O) groups is 1. The Balaban J connectivity index is 1.48. The molecule has 3 aromatic carbocycles. The van der Waals surface area contributed by atoms with Gasteiger partial charge in [0.1, 0.15) is 11.3 Å². The highest BCUT2D eigenvalue weighted by molar-refractivity contribution is 6.32. The molecule has 0 aliphatic carbocycles. The van der Waals surface area contributed by atoms with Crippen LogP contribution in [-0.4, -0.2) is 17.5 Å². The van der Waals surface area contributed by atoms with Gasteiger partial charge in [-0.3, -0.25) is 4.79 Å². The van der Waals surface area contributed by atoms with Crippen LogP contribution in [0.3, 0.4) is 0 Å². The lowest BCUT2D eigenvalue weighted by atomic mass is 10.1. The summed E-state index contributed by atoms with van der Waals surface area (Å²) >= 11 is 12.2. The van der Waals surface area contributed by atoms with Gasteiger partial charge in [-0.2, -0.15) is 0 Å². The molecule has 4 aromatic rings. The lowest BCUT2D eigenvalue weighted by molar-refractivity contribution is -0.118. The van der Waals surface area contributed by atoms with Gasteiger partial charge in [0.05, 0.1) is 5.02 Å². The molecule has 146 valence electrons. The molecule has 29 heavy (non-hydrogen) atoms. The number of para-hydroxylation sites is 1. The fourth-order valence-electron chi connectivity index (χ4n) is 2.76. The Labute approximate surface area is 177 Å². The van der Waals surface area contributed by atoms with Crippen molar-refractivity contribution in [2.24, 2.45) is 0 Å². The minimum atomic E-state index is -0.307. The van der Waals surface area contributed by atoms with Gasteiger partial charge >= 0.3 is 0 Å². The van der Waals surface area contributed by atoms with Crippen LogP contribution in [0.4, 0.5) is 5.69 Å². The molecule has 0 unspecified atom stereocenters. The average molecular weight is 427 g/mol. The molecule has 0 fully saturated rings. The lowest BCUT2D eigenvalue weighted by Crippen LogP contribution is -2.20. The molecule has 1 N–H and O–H groups in total. The molecule has 1 heterocycles. The molecule has 0 bridgehead atoms. The van der Waals surface area contributed by atoms with Crippen LogP contribution in [-0.2, 0) is 4.79 Å². The van der Waals surface area contributed by atoms with Crippen LogP contribution in [0, 0.1) is 6.92 Å². The van der Waals surface area contributed by atoms with E-state index in [1.54, 1.807) is 42.5 Å². The number of aromatic nitrogens is 1. The number of hydrogen-bond acceptors (Lipinski definition) is 4. The summed E-state index contributed by atoms with van der Waals surface area (Å²) in [4.78, 5) is 16.7. The van der Waals surface area contributed by atoms with Gasteiger partial charge < -0.3 is 14.5 Å². The van der Waals surface area contributed by atoms with Crippen LogP contribution in [0.15, 0.2) is 65.1 Å². The number of halogens is 2. The first-order chi connectivity index (χ1) is 14.0. The van der Waals surface area contributed by atoms with Crippen LogP contribution in [0.1, 0.15) is 5.56 Å². The van der Waals surface area contributed by atoms with Crippen molar-refractivity contribution in [2.45, 2.75) is 6.92 Å². The first kappa shape index (κ1) is 19.3. The van der Waals surface area contributed by atoms with E-state index in [1.807, 2.05) is 25.1 Å². The highest BCUT2D eigenvalue weighted by atomic mass is 35.5. The summed E-state index contributed by atoms with van der Waals surface area (Å²) in [5, 5.41) is 3.88. The summed E-state index contributed by atoms with van der Waals surface area (Å²) in [6.45, 7) is 1.77. The Morgan fingerprint density at radius 3 is 2.69 bits per heavy atom. The molecular formula is C22H16Cl2N2O3. The van der Waals surface area contributed by atoms with E-state index in [4.69, 9.17) is 32.4 Å². The third-order valence-corrected chi connectivity index (χ3v) is 5.00. The Hall–Kier alpha value is -3.02. The molecule has 4 rings (SSSR count). The molecule has 0 radical (unpaired) electrons. The van der Waals surface area contributed by atoms with Crippen molar-refractivity contribution >= 4 is 45.9 Å². The summed E-state index contributed by atoms with van der Waals surface area (Å²) < 4.78 is 11.3. The van der Waals surface area contributed by atoms with Crippen LogP contribution in [0.5, 0.6) is 5.75 Å². The van der Waals surface area contributed by atoms with Gasteiger partial charge in [-0.1, -0.05) is 41.4 Å². The number of anilines is 1. The monoisotopic (exact) mass is 426 g/mol. The Morgan fingerprint density at radius 2 is 1.90 bits per heavy atom. The fourth-order valence-corrected chi connectivity index (χ4v) is 3.13. The zero-order valence-electron chi connectivity index (χ0n) is 15.4. The summed E-state index contributed by atoms with van der Waals surface area (Å²) in [6.07, 6.45) is 0. The van der Waals surface area contributed by atoms with E-state index < -0.39 is 0 Å². The van der Waals surface area contributed by atoms with Gasteiger partial charge in [-0.15, -0.1) is 0 Å². The number of rotatable bonds is 5. The van der Waals surface area contributed by atoms with E-state index >= 15 is 0 Å². The normalized spacial score (nSPS) is 10.9. The number of amides is 1. The molecule has 1 amide bonds. The molecule has 7 heteroatoms. The first-order valence-electron chi connectivity index (χ1n) is 8.84. The van der Waals surface area contributed by atoms with Crippen LogP contribution in [0.25, 0.3) is 22.6 Å². The van der Waals surface area contributed by atoms with Crippen molar-refractivity contribution < 1.29 is 13.9 Å². The second kappa shape index (κ2) is 8.15. The molecule has 0 saturated heterocycles. The number of hydrogen-bond donors (Lipinski definition) is 1. The Kier molecular flexibility index (Phi) is 5.43. The molecule has 0 aliphatic heterocycles. The number of ether oxygens (including phenoxy) is 1. The van der Waals surface area contributed by atoms with E-state index in [2.05, 4.69) is 10.3 Å². The predicted octanol–water partition coefficient (Wildman–Crippen LogP) is 6.13. The van der Waals surface area contributed by atoms with E-state index in [0.29, 0.717) is 38.5 Å². The first-order valence-corrected chi connectivity index (χ1v) is 9.59. The summed E-state index contributed by atoms with van der Waals surface area (Å²) in [7, 11) is 0. The highest BCUT2D eigenvalue weighted by Crippen LogP contribution is 2.29. The highest BCUT2D eigenvalue weighted by Gasteiger charge is 2.12. The lowest BCUT2D eigenvalue weighted by Gasteiger charge is -2.08. The van der Waals surface area contributed by atoms with Crippen molar-refractivity contribution in [1.29, 1.82) is 0 Å². The Bertz CT molecular complexity index is 1200. The second-order valence-electron chi connectivity index (χ2n) is 6.43. The Morgan fingerprint density at radius 1 is 1.07 bits per heavy atom. The standard InChI is InChI=1S/C22H16Cl2N2O3/c1-13-6-7-14(10-17(13)24)22-26-18-11-15(8-9-20(18)29-22)25-21(27)12-28-19-5-3-2-4-16(19)23/h2-11H,12H2,1H3,(H,25,27). The maximum absolute atomic E-state index is 12.2. The third kappa shape index (κ3) is 4.36. The van der Waals surface area contributed by atoms with Crippen molar-refractivity contribution in [3.63, 3.8) is 0 Å². The molecular weight excluding hydrogens is 411 g/mol. The van der Waals surface area contributed by atoms with Gasteiger partial charge in [0.15, 0.2) is 12.2 Å². The van der Waals surface area contributed by atoms with Crippen molar-refractivity contribution in [2.75, 3.05) is 11.9 Å². The number of aryl methyl sites for hydroxylation is 1. The molecule has 1 aromatic heterocycles. The zero-order chi connectivity index (χ0) is 20.4. The number of nitrogens with one attached hydrogen (secondary N) is 1. The predicted molar refractivity (Wildman–Crippen MR) is 115 cm³/mol. The van der Waals surface area contributed by atoms with Crippen LogP contribution in [0.2, 0.25) is 10.0 Å². The number of fused-ring (bicyclic) bond motifs is 1. The molecule has 0 saturated carbocycles. The fraction of sp³-hybridized carbons (Fsp3) is 0.0909. The van der Waals surface area contributed by atoms with E-state index in [-0.39, 0.29) is 12.5 Å². The van der Waals surface area contributed by atoms with Gasteiger partial charge in [-0.05, 0) is 55.0 Å². The second-order valence-corrected chi connectivity index (χ2v) is 7.25. The van der Waals surface area contributed by atoms with E-state index in [1.165, 1.54) is 0 Å². The number of benzene rings is 3. The van der Waals surface area contributed by atoms with E-state index in [0.717, 1.165) is 11.1 Å². The van der Waals surface area contributed by atoms with Gasteiger partial charge in [-0.25, -0.2) is 4.98 Å². The van der Waals surface area contributed by atoms with E-state index in [9.17, 15) is 4.79 Å². The summed E-state index contributed by atoms with van der Waals surface area (Å²) in [5.74, 6) is 0.614. The van der Waals surface area contributed by atoms with Crippen molar-refractivity contribution in [3.8, 4) is 17.2 Å². The van der Waals surface area contributed by atoms with Gasteiger partial charge in [0.25, 0.3) is 5.91 Å². The molecule has 0 atom stereocenters. The quantitative estimate of drug-likeness (QED) is 0.416. The average Bonchev–Trinajstić information content (AvgIpc) is 3.13. The van der Waals surface area contributed by atoms with Gasteiger partial charge in [0.2, 0.25) is 5.89 Å². The number of carbonyl (C=O) groups excluding carboxylic acids is 1. The minimum Gasteiger partial charge on any atom is -0.482 e. The largest absolute Gasteiger partial charge is 0.482 e. The molecule has 0 spiro atoms. The van der Waals surface area contributed by atoms with Crippen molar-refractivity contribution in [3.05, 3.63) is 76.3 Å². The van der Waals surface area contributed by atoms with Crippen LogP contribution < -0.4 is 10.1 Å². The maximum atomic E-state index is 12.2. The minimum absolute atomic E-state index is 0.159. The smallest absolute Gasteiger partial charge is 0.262 e. The molecule has 5 nitrogen and oxygen atoms in total. The maximum Gasteiger partial charge on any atom is 0.262 e. The van der Waals surface area contributed by atoms with Gasteiger partial charge in [0, 0.05) is 16.3 Å². The number of nitrogens with zero attached hydrogens (tertiary/aromatic N) is 1. The SMILES string of the molecule is Cc1ccc(-c2nc3cc(NC(=O)COc4ccccc4Cl)ccc3o2)cc1Cl. The number of oxazole rings is 1. The topological polar surface area (TPSA) is 64.4 Å². The van der Waals surface area contributed by atoms with Crippen molar-refractivity contribution in [1.82, 2.24) is 4.98 Å². The molecule has 0 aliphatic rings. The summed E-state index contributed by atoms with van der Waals surface area (Å²) in [6, 6.07) is 17.9. The zero-order valence-corrected chi connectivity index (χ0v) is 16.9.